The summed E-state index contributed by atoms with van der Waals surface area (Å²) in [6, 6.07) is 9.96. The van der Waals surface area contributed by atoms with Gasteiger partial charge >= 0.3 is 0 Å². The second-order valence-corrected chi connectivity index (χ2v) is 7.78. The van der Waals surface area contributed by atoms with Crippen molar-refractivity contribution in [2.24, 2.45) is 0 Å². The number of nitrogens with zero attached hydrogens (tertiary/aromatic N) is 2. The molecular formula is C17H18N2O4S. The molecule has 2 aromatic rings. The van der Waals surface area contributed by atoms with E-state index < -0.39 is 14.9 Å². The zero-order valence-corrected chi connectivity index (χ0v) is 14.3. The van der Waals surface area contributed by atoms with Crippen LogP contribution in [-0.4, -0.2) is 19.9 Å². The Bertz CT molecular complexity index is 922. The molecule has 7 heteroatoms. The van der Waals surface area contributed by atoms with Gasteiger partial charge in [0, 0.05) is 18.7 Å². The fraction of sp³-hybridized carbons (Fsp3) is 0.294. The van der Waals surface area contributed by atoms with Crippen LogP contribution in [0.4, 0.5) is 11.4 Å². The molecule has 2 aromatic carbocycles. The Hall–Kier alpha value is -2.41. The van der Waals surface area contributed by atoms with E-state index in [1.165, 1.54) is 10.4 Å². The van der Waals surface area contributed by atoms with Gasteiger partial charge in [-0.25, -0.2) is 8.42 Å². The highest BCUT2D eigenvalue weighted by atomic mass is 32.2. The summed E-state index contributed by atoms with van der Waals surface area (Å²) in [4.78, 5) is 10.6. The fourth-order valence-electron chi connectivity index (χ4n) is 3.05. The van der Waals surface area contributed by atoms with E-state index in [1.807, 2.05) is 12.1 Å². The van der Waals surface area contributed by atoms with Gasteiger partial charge in [-0.1, -0.05) is 18.2 Å². The van der Waals surface area contributed by atoms with E-state index in [-0.39, 0.29) is 10.6 Å². The normalized spacial score (nSPS) is 14.3. The first-order valence-electron chi connectivity index (χ1n) is 7.68. The molecule has 0 saturated carbocycles. The molecule has 3 rings (SSSR count). The molecule has 0 fully saturated rings. The van der Waals surface area contributed by atoms with Crippen molar-refractivity contribution in [2.45, 2.75) is 31.6 Å². The first-order chi connectivity index (χ1) is 11.3. The van der Waals surface area contributed by atoms with Crippen molar-refractivity contribution in [1.29, 1.82) is 0 Å². The molecule has 0 radical (unpaired) electrons. The van der Waals surface area contributed by atoms with Crippen molar-refractivity contribution in [2.75, 3.05) is 10.8 Å². The lowest BCUT2D eigenvalue weighted by molar-refractivity contribution is -0.385. The van der Waals surface area contributed by atoms with E-state index in [0.717, 1.165) is 24.5 Å². The van der Waals surface area contributed by atoms with Gasteiger partial charge in [0.1, 0.15) is 0 Å². The van der Waals surface area contributed by atoms with Crippen molar-refractivity contribution >= 4 is 21.4 Å². The van der Waals surface area contributed by atoms with Crippen LogP contribution in [0.2, 0.25) is 0 Å². The maximum Gasteiger partial charge on any atom is 0.271 e. The maximum absolute atomic E-state index is 13.2. The summed E-state index contributed by atoms with van der Waals surface area (Å²) in [5.74, 6) is 0. The lowest BCUT2D eigenvalue weighted by Gasteiger charge is -2.31. The Labute approximate surface area is 140 Å². The Balaban J connectivity index is 2.18. The second-order valence-electron chi connectivity index (χ2n) is 5.95. The van der Waals surface area contributed by atoms with E-state index in [1.54, 1.807) is 26.0 Å². The minimum atomic E-state index is -3.86. The van der Waals surface area contributed by atoms with Gasteiger partial charge < -0.3 is 0 Å². The van der Waals surface area contributed by atoms with Crippen LogP contribution in [0.5, 0.6) is 0 Å². The summed E-state index contributed by atoms with van der Waals surface area (Å²) in [7, 11) is -3.86. The molecule has 0 amide bonds. The summed E-state index contributed by atoms with van der Waals surface area (Å²) in [6.45, 7) is 3.74. The predicted molar refractivity (Wildman–Crippen MR) is 91.9 cm³/mol. The zero-order valence-electron chi connectivity index (χ0n) is 13.5. The van der Waals surface area contributed by atoms with Gasteiger partial charge in [0.25, 0.3) is 15.7 Å². The van der Waals surface area contributed by atoms with Crippen LogP contribution >= 0.6 is 0 Å². The first kappa shape index (κ1) is 16.4. The number of sulfonamides is 1. The maximum atomic E-state index is 13.2. The van der Waals surface area contributed by atoms with Crippen LogP contribution in [-0.2, 0) is 16.4 Å². The van der Waals surface area contributed by atoms with Crippen molar-refractivity contribution in [3.63, 3.8) is 0 Å². The monoisotopic (exact) mass is 346 g/mol. The number of nitro groups is 1. The van der Waals surface area contributed by atoms with Crippen LogP contribution < -0.4 is 4.31 Å². The standard InChI is InChI=1S/C17H18N2O4S/c1-12-10-15(19(20)21)11-17(13(12)2)24(22,23)18-9-5-7-14-6-3-4-8-16(14)18/h3-4,6,8,10-11H,5,7,9H2,1-2H3. The summed E-state index contributed by atoms with van der Waals surface area (Å²) in [5.41, 5.74) is 2.57. The summed E-state index contributed by atoms with van der Waals surface area (Å²) < 4.78 is 27.8. The largest absolute Gasteiger partial charge is 0.271 e. The van der Waals surface area contributed by atoms with Crippen molar-refractivity contribution < 1.29 is 13.3 Å². The van der Waals surface area contributed by atoms with Crippen LogP contribution in [0, 0.1) is 24.0 Å². The molecule has 0 unspecified atom stereocenters. The molecule has 0 aromatic heterocycles. The third-order valence-corrected chi connectivity index (χ3v) is 6.39. The van der Waals surface area contributed by atoms with Crippen molar-refractivity contribution in [3.8, 4) is 0 Å². The Kier molecular flexibility index (Phi) is 4.04. The van der Waals surface area contributed by atoms with E-state index >= 15 is 0 Å². The SMILES string of the molecule is Cc1cc([N+](=O)[O-])cc(S(=O)(=O)N2CCCc3ccccc32)c1C. The number of hydrogen-bond donors (Lipinski definition) is 0. The number of aryl methyl sites for hydroxylation is 2. The summed E-state index contributed by atoms with van der Waals surface area (Å²) >= 11 is 0. The molecular weight excluding hydrogens is 328 g/mol. The van der Waals surface area contributed by atoms with Gasteiger partial charge in [0.05, 0.1) is 15.5 Å². The van der Waals surface area contributed by atoms with Crippen LogP contribution in [0.25, 0.3) is 0 Å². The quantitative estimate of drug-likeness (QED) is 0.630. The highest BCUT2D eigenvalue weighted by Gasteiger charge is 2.31. The molecule has 0 saturated heterocycles. The number of para-hydroxylation sites is 1. The van der Waals surface area contributed by atoms with Gasteiger partial charge in [0.15, 0.2) is 0 Å². The number of benzene rings is 2. The number of hydrogen-bond acceptors (Lipinski definition) is 4. The molecule has 0 aliphatic carbocycles. The molecule has 0 bridgehead atoms. The van der Waals surface area contributed by atoms with Crippen LogP contribution in [0.3, 0.4) is 0 Å². The first-order valence-corrected chi connectivity index (χ1v) is 9.12. The van der Waals surface area contributed by atoms with E-state index in [9.17, 15) is 18.5 Å². The average Bonchev–Trinajstić information content (AvgIpc) is 2.56. The zero-order chi connectivity index (χ0) is 17.5. The minimum Gasteiger partial charge on any atom is -0.266 e. The molecule has 24 heavy (non-hydrogen) atoms. The number of fused-ring (bicyclic) bond motifs is 1. The Morgan fingerprint density at radius 3 is 2.58 bits per heavy atom. The Morgan fingerprint density at radius 2 is 1.88 bits per heavy atom. The number of anilines is 1. The van der Waals surface area contributed by atoms with Crippen molar-refractivity contribution in [1.82, 2.24) is 0 Å². The van der Waals surface area contributed by atoms with Gasteiger partial charge in [-0.15, -0.1) is 0 Å². The number of nitro benzene ring substituents is 1. The van der Waals surface area contributed by atoms with Crippen LogP contribution in [0.15, 0.2) is 41.3 Å². The number of non-ortho nitro benzene ring substituents is 1. The molecule has 0 spiro atoms. The topological polar surface area (TPSA) is 80.5 Å². The molecule has 1 aliphatic heterocycles. The molecule has 6 nitrogen and oxygen atoms in total. The van der Waals surface area contributed by atoms with Gasteiger partial charge in [-0.3, -0.25) is 14.4 Å². The highest BCUT2D eigenvalue weighted by molar-refractivity contribution is 7.92. The Morgan fingerprint density at radius 1 is 1.17 bits per heavy atom. The molecule has 0 atom stereocenters. The second kappa shape index (κ2) is 5.90. The molecule has 126 valence electrons. The molecule has 0 N–H and O–H groups in total. The summed E-state index contributed by atoms with van der Waals surface area (Å²) in [5, 5.41) is 11.1. The van der Waals surface area contributed by atoms with Gasteiger partial charge in [-0.05, 0) is 49.4 Å². The van der Waals surface area contributed by atoms with Gasteiger partial charge in [-0.2, -0.15) is 0 Å². The van der Waals surface area contributed by atoms with E-state index in [2.05, 4.69) is 0 Å². The molecule has 1 aliphatic rings. The fourth-order valence-corrected chi connectivity index (χ4v) is 4.91. The molecule has 1 heterocycles. The average molecular weight is 346 g/mol. The lowest BCUT2D eigenvalue weighted by Crippen LogP contribution is -2.36. The third-order valence-electron chi connectivity index (χ3n) is 4.45. The predicted octanol–water partition coefficient (Wildman–Crippen LogP) is 3.35. The van der Waals surface area contributed by atoms with Crippen molar-refractivity contribution in [3.05, 3.63) is 63.2 Å². The van der Waals surface area contributed by atoms with E-state index in [4.69, 9.17) is 0 Å². The smallest absolute Gasteiger partial charge is 0.266 e. The summed E-state index contributed by atoms with van der Waals surface area (Å²) in [6.07, 6.45) is 1.55. The van der Waals surface area contributed by atoms with E-state index in [0.29, 0.717) is 23.4 Å². The lowest BCUT2D eigenvalue weighted by atomic mass is 10.0. The third kappa shape index (κ3) is 2.65. The minimum absolute atomic E-state index is 0.00547. The van der Waals surface area contributed by atoms with Gasteiger partial charge in [0.2, 0.25) is 0 Å². The highest BCUT2D eigenvalue weighted by Crippen LogP contribution is 2.34. The van der Waals surface area contributed by atoms with Crippen LogP contribution in [0.1, 0.15) is 23.1 Å². The number of rotatable bonds is 3.